The number of halogens is 2. The third-order valence-electron chi connectivity index (χ3n) is 5.44. The normalized spacial score (nSPS) is 19.1. The van der Waals surface area contributed by atoms with Crippen molar-refractivity contribution in [1.82, 2.24) is 20.1 Å². The molecule has 0 saturated carbocycles. The SMILES string of the molecule is CC(C)COc1ccc(CNC(=O)N(Cc2ccc(F)cn2)[C@@H]2CCN(C)C[C@@H]2F)cc1. The zero-order valence-corrected chi connectivity index (χ0v) is 18.9. The van der Waals surface area contributed by atoms with E-state index in [-0.39, 0.29) is 19.1 Å². The van der Waals surface area contributed by atoms with Gasteiger partial charge in [0.25, 0.3) is 0 Å². The first-order valence-corrected chi connectivity index (χ1v) is 11.0. The Morgan fingerprint density at radius 2 is 2.03 bits per heavy atom. The zero-order valence-electron chi connectivity index (χ0n) is 18.9. The average Bonchev–Trinajstić information content (AvgIpc) is 2.77. The standard InChI is InChI=1S/C24H32F2N4O2/c1-17(2)16-32-21-8-4-18(5-9-21)12-28-24(31)30(14-20-7-6-19(25)13-27-20)23-10-11-29(3)15-22(23)26/h4-9,13,17,22-23H,10-12,14-16H2,1-3H3,(H,28,31)/t22-,23+/m0/s1. The Morgan fingerprint density at radius 1 is 1.28 bits per heavy atom. The van der Waals surface area contributed by atoms with Crippen LogP contribution in [0.15, 0.2) is 42.6 Å². The van der Waals surface area contributed by atoms with Gasteiger partial charge in [-0.2, -0.15) is 0 Å². The molecule has 174 valence electrons. The lowest BCUT2D eigenvalue weighted by molar-refractivity contribution is 0.0566. The number of likely N-dealkylation sites (tertiary alicyclic amines) is 1. The second-order valence-corrected chi connectivity index (χ2v) is 8.74. The summed E-state index contributed by atoms with van der Waals surface area (Å²) in [5.74, 6) is 0.770. The van der Waals surface area contributed by atoms with Gasteiger partial charge in [0.2, 0.25) is 0 Å². The van der Waals surface area contributed by atoms with E-state index in [1.165, 1.54) is 17.0 Å². The van der Waals surface area contributed by atoms with Crippen LogP contribution in [0.4, 0.5) is 13.6 Å². The lowest BCUT2D eigenvalue weighted by Crippen LogP contribution is -2.55. The summed E-state index contributed by atoms with van der Waals surface area (Å²) in [6.07, 6.45) is 0.460. The minimum atomic E-state index is -1.17. The summed E-state index contributed by atoms with van der Waals surface area (Å²) in [5, 5.41) is 2.89. The number of hydrogen-bond donors (Lipinski definition) is 1. The highest BCUT2D eigenvalue weighted by atomic mass is 19.1. The minimum absolute atomic E-state index is 0.114. The molecule has 2 amide bonds. The van der Waals surface area contributed by atoms with Crippen LogP contribution in [0.5, 0.6) is 5.75 Å². The molecular weight excluding hydrogens is 414 g/mol. The van der Waals surface area contributed by atoms with Crippen molar-refractivity contribution in [1.29, 1.82) is 0 Å². The van der Waals surface area contributed by atoms with Crippen LogP contribution in [0.1, 0.15) is 31.5 Å². The van der Waals surface area contributed by atoms with Crippen LogP contribution in [-0.4, -0.2) is 59.8 Å². The molecule has 0 bridgehead atoms. The summed E-state index contributed by atoms with van der Waals surface area (Å²) in [4.78, 5) is 20.5. The van der Waals surface area contributed by atoms with E-state index in [1.807, 2.05) is 36.2 Å². The number of carbonyl (C=O) groups is 1. The quantitative estimate of drug-likeness (QED) is 0.666. The molecule has 0 radical (unpaired) electrons. The summed E-state index contributed by atoms with van der Waals surface area (Å²) >= 11 is 0. The van der Waals surface area contributed by atoms with E-state index >= 15 is 0 Å². The lowest BCUT2D eigenvalue weighted by Gasteiger charge is -2.39. The van der Waals surface area contributed by atoms with Gasteiger partial charge < -0.3 is 19.9 Å². The molecule has 1 N–H and O–H groups in total. The summed E-state index contributed by atoms with van der Waals surface area (Å²) in [5.41, 5.74) is 1.43. The van der Waals surface area contributed by atoms with Crippen molar-refractivity contribution in [2.45, 2.75) is 45.6 Å². The predicted molar refractivity (Wildman–Crippen MR) is 120 cm³/mol. The van der Waals surface area contributed by atoms with Gasteiger partial charge in [0.05, 0.1) is 31.1 Å². The molecule has 1 aromatic heterocycles. The number of pyridine rings is 1. The molecule has 1 saturated heterocycles. The Morgan fingerprint density at radius 3 is 2.66 bits per heavy atom. The number of urea groups is 1. The van der Waals surface area contributed by atoms with Gasteiger partial charge >= 0.3 is 6.03 Å². The number of nitrogens with one attached hydrogen (secondary N) is 1. The van der Waals surface area contributed by atoms with Gasteiger partial charge in [0.1, 0.15) is 17.7 Å². The van der Waals surface area contributed by atoms with Crippen LogP contribution in [-0.2, 0) is 13.1 Å². The summed E-state index contributed by atoms with van der Waals surface area (Å²) < 4.78 is 33.8. The van der Waals surface area contributed by atoms with E-state index in [0.29, 0.717) is 37.7 Å². The zero-order chi connectivity index (χ0) is 23.1. The first kappa shape index (κ1) is 23.9. The lowest BCUT2D eigenvalue weighted by atomic mass is 10.0. The van der Waals surface area contributed by atoms with E-state index in [9.17, 15) is 13.6 Å². The number of alkyl halides is 1. The molecule has 0 unspecified atom stereocenters. The first-order chi connectivity index (χ1) is 15.3. The molecule has 2 aromatic rings. The van der Waals surface area contributed by atoms with Crippen molar-refractivity contribution in [3.05, 3.63) is 59.7 Å². The highest BCUT2D eigenvalue weighted by molar-refractivity contribution is 5.74. The molecule has 1 aromatic carbocycles. The van der Waals surface area contributed by atoms with Gasteiger partial charge in [-0.15, -0.1) is 0 Å². The summed E-state index contributed by atoms with van der Waals surface area (Å²) in [6.45, 7) is 6.20. The van der Waals surface area contributed by atoms with Gasteiger partial charge in [-0.3, -0.25) is 4.98 Å². The monoisotopic (exact) mass is 446 g/mol. The number of piperidine rings is 1. The summed E-state index contributed by atoms with van der Waals surface area (Å²) in [7, 11) is 1.86. The van der Waals surface area contributed by atoms with Gasteiger partial charge in [0.15, 0.2) is 0 Å². The maximum absolute atomic E-state index is 14.9. The van der Waals surface area contributed by atoms with E-state index in [1.54, 1.807) is 0 Å². The van der Waals surface area contributed by atoms with Crippen molar-refractivity contribution < 1.29 is 18.3 Å². The number of benzene rings is 1. The second kappa shape index (κ2) is 11.2. The third kappa shape index (κ3) is 6.88. The molecule has 6 nitrogen and oxygen atoms in total. The van der Waals surface area contributed by atoms with Crippen LogP contribution in [0.2, 0.25) is 0 Å². The number of nitrogens with zero attached hydrogens (tertiary/aromatic N) is 3. The minimum Gasteiger partial charge on any atom is -0.493 e. The van der Waals surface area contributed by atoms with Crippen molar-refractivity contribution in [3.8, 4) is 5.75 Å². The van der Waals surface area contributed by atoms with Crippen molar-refractivity contribution >= 4 is 6.03 Å². The maximum atomic E-state index is 14.9. The Bertz CT molecular complexity index is 861. The average molecular weight is 447 g/mol. The third-order valence-corrected chi connectivity index (χ3v) is 5.44. The number of aromatic nitrogens is 1. The molecule has 1 fully saturated rings. The number of ether oxygens (including phenoxy) is 1. The largest absolute Gasteiger partial charge is 0.493 e. The number of hydrogen-bond acceptors (Lipinski definition) is 4. The van der Waals surface area contributed by atoms with Crippen LogP contribution >= 0.6 is 0 Å². The fraction of sp³-hybridized carbons (Fsp3) is 0.500. The second-order valence-electron chi connectivity index (χ2n) is 8.74. The molecule has 8 heteroatoms. The van der Waals surface area contributed by atoms with E-state index < -0.39 is 18.0 Å². The van der Waals surface area contributed by atoms with Crippen molar-refractivity contribution in [2.75, 3.05) is 26.7 Å². The van der Waals surface area contributed by atoms with Gasteiger partial charge in [0, 0.05) is 19.6 Å². The Hall–Kier alpha value is -2.74. The molecule has 2 heterocycles. The molecule has 0 aliphatic carbocycles. The highest BCUT2D eigenvalue weighted by Crippen LogP contribution is 2.21. The number of amides is 2. The fourth-order valence-corrected chi connectivity index (χ4v) is 3.66. The van der Waals surface area contributed by atoms with Crippen LogP contribution in [0.25, 0.3) is 0 Å². The summed E-state index contributed by atoms with van der Waals surface area (Å²) in [6, 6.07) is 9.43. The fourth-order valence-electron chi connectivity index (χ4n) is 3.66. The molecule has 1 aliphatic rings. The topological polar surface area (TPSA) is 57.7 Å². The van der Waals surface area contributed by atoms with Crippen molar-refractivity contribution in [2.24, 2.45) is 5.92 Å². The number of carbonyl (C=O) groups excluding carboxylic acids is 1. The van der Waals surface area contributed by atoms with Crippen LogP contribution in [0, 0.1) is 11.7 Å². The Labute approximate surface area is 188 Å². The predicted octanol–water partition coefficient (Wildman–Crippen LogP) is 4.01. The molecule has 0 spiro atoms. The van der Waals surface area contributed by atoms with Gasteiger partial charge in [-0.1, -0.05) is 26.0 Å². The molecule has 2 atom stereocenters. The molecule has 3 rings (SSSR count). The number of rotatable bonds is 8. The molecular formula is C24H32F2N4O2. The molecule has 32 heavy (non-hydrogen) atoms. The van der Waals surface area contributed by atoms with Crippen LogP contribution in [0.3, 0.4) is 0 Å². The van der Waals surface area contributed by atoms with E-state index in [0.717, 1.165) is 17.5 Å². The highest BCUT2D eigenvalue weighted by Gasteiger charge is 2.35. The maximum Gasteiger partial charge on any atom is 0.318 e. The van der Waals surface area contributed by atoms with Gasteiger partial charge in [-0.05, 0) is 49.2 Å². The van der Waals surface area contributed by atoms with Gasteiger partial charge in [-0.25, -0.2) is 13.6 Å². The Balaban J connectivity index is 1.65. The van der Waals surface area contributed by atoms with E-state index in [2.05, 4.69) is 24.1 Å². The van der Waals surface area contributed by atoms with Crippen LogP contribution < -0.4 is 10.1 Å². The first-order valence-electron chi connectivity index (χ1n) is 11.0. The molecule has 1 aliphatic heterocycles. The Kier molecular flexibility index (Phi) is 8.39. The van der Waals surface area contributed by atoms with E-state index in [4.69, 9.17) is 4.74 Å². The smallest absolute Gasteiger partial charge is 0.318 e. The van der Waals surface area contributed by atoms with Crippen molar-refractivity contribution in [3.63, 3.8) is 0 Å².